The van der Waals surface area contributed by atoms with Crippen LogP contribution in [0.1, 0.15) is 42.5 Å². The van der Waals surface area contributed by atoms with E-state index in [9.17, 15) is 9.59 Å². The Morgan fingerprint density at radius 2 is 1.76 bits per heavy atom. The van der Waals surface area contributed by atoms with Gasteiger partial charge < -0.3 is 15.0 Å². The van der Waals surface area contributed by atoms with E-state index in [4.69, 9.17) is 26.7 Å². The number of carboxylic acid groups (broad SMARTS) is 1. The summed E-state index contributed by atoms with van der Waals surface area (Å²) in [6.45, 7) is 6.98. The fourth-order valence-corrected chi connectivity index (χ4v) is 5.37. The first-order chi connectivity index (χ1) is 20.2. The number of rotatable bonds is 11. The van der Waals surface area contributed by atoms with Crippen molar-refractivity contribution in [1.82, 2.24) is 24.4 Å². The molecule has 5 aromatic rings. The van der Waals surface area contributed by atoms with Gasteiger partial charge in [-0.25, -0.2) is 9.97 Å². The second kappa shape index (κ2) is 12.7. The molecule has 42 heavy (non-hydrogen) atoms. The Balaban J connectivity index is 1.70. The molecule has 0 radical (unpaired) electrons. The summed E-state index contributed by atoms with van der Waals surface area (Å²) in [7, 11) is 0. The van der Waals surface area contributed by atoms with Crippen molar-refractivity contribution in [2.45, 2.75) is 39.8 Å². The molecule has 0 amide bonds. The van der Waals surface area contributed by atoms with Crippen molar-refractivity contribution in [2.24, 2.45) is 5.92 Å². The zero-order valence-electron chi connectivity index (χ0n) is 23.9. The highest BCUT2D eigenvalue weighted by molar-refractivity contribution is 6.31. The van der Waals surface area contributed by atoms with Gasteiger partial charge in [0.2, 0.25) is 0 Å². The molecule has 0 aliphatic rings. The van der Waals surface area contributed by atoms with E-state index in [1.54, 1.807) is 22.8 Å². The van der Waals surface area contributed by atoms with Crippen LogP contribution in [0.4, 0.5) is 0 Å². The predicted molar refractivity (Wildman–Crippen MR) is 166 cm³/mol. The van der Waals surface area contributed by atoms with Gasteiger partial charge in [-0.15, -0.1) is 0 Å². The molecule has 0 saturated carbocycles. The van der Waals surface area contributed by atoms with Crippen molar-refractivity contribution in [2.75, 3.05) is 13.1 Å². The normalized spacial score (nSPS) is 12.2. The summed E-state index contributed by atoms with van der Waals surface area (Å²) >= 11 is 6.35. The number of halogens is 1. The van der Waals surface area contributed by atoms with E-state index < -0.39 is 5.97 Å². The highest BCUT2D eigenvalue weighted by Crippen LogP contribution is 2.32. The second-order valence-electron chi connectivity index (χ2n) is 10.8. The fraction of sp³-hybridized carbons (Fsp3) is 0.273. The van der Waals surface area contributed by atoms with E-state index in [0.29, 0.717) is 41.3 Å². The average molecular weight is 584 g/mol. The molecule has 0 saturated heterocycles. The number of aryl methyl sites for hydroxylation is 1. The SMILES string of the molecule is Cc1ccc(-c2nc(CCNCC(=O)O)cn2C(c2nc3cc(Cl)ccc3c(=O)n2Cc2ccccc2)C(C)C)cc1. The third-order valence-electron chi connectivity index (χ3n) is 7.25. The number of carbonyl (C=O) groups is 1. The van der Waals surface area contributed by atoms with E-state index in [1.807, 2.05) is 55.6 Å². The van der Waals surface area contributed by atoms with Gasteiger partial charge in [-0.1, -0.05) is 85.6 Å². The summed E-state index contributed by atoms with van der Waals surface area (Å²) in [5, 5.41) is 13.0. The maximum Gasteiger partial charge on any atom is 0.317 e. The predicted octanol–water partition coefficient (Wildman–Crippen LogP) is 5.73. The summed E-state index contributed by atoms with van der Waals surface area (Å²) in [6, 6.07) is 22.9. The molecular formula is C33H34ClN5O3. The number of benzene rings is 3. The van der Waals surface area contributed by atoms with E-state index in [2.05, 4.69) is 35.9 Å². The number of nitrogens with zero attached hydrogens (tertiary/aromatic N) is 4. The van der Waals surface area contributed by atoms with Crippen molar-refractivity contribution < 1.29 is 9.90 Å². The highest BCUT2D eigenvalue weighted by atomic mass is 35.5. The van der Waals surface area contributed by atoms with Gasteiger partial charge in [-0.05, 0) is 36.6 Å². The topological polar surface area (TPSA) is 102 Å². The molecule has 9 heteroatoms. The van der Waals surface area contributed by atoms with Gasteiger partial charge in [-0.3, -0.25) is 14.2 Å². The van der Waals surface area contributed by atoms with Crippen molar-refractivity contribution in [1.29, 1.82) is 0 Å². The molecule has 0 bridgehead atoms. The molecule has 2 heterocycles. The number of aliphatic carboxylic acids is 1. The first-order valence-electron chi connectivity index (χ1n) is 14.0. The molecule has 216 valence electrons. The van der Waals surface area contributed by atoms with Crippen molar-refractivity contribution in [3.63, 3.8) is 0 Å². The number of aromatic nitrogens is 4. The van der Waals surface area contributed by atoms with Gasteiger partial charge in [0.25, 0.3) is 5.56 Å². The van der Waals surface area contributed by atoms with Crippen molar-refractivity contribution in [3.8, 4) is 11.4 Å². The van der Waals surface area contributed by atoms with E-state index in [0.717, 1.165) is 28.2 Å². The molecule has 1 atom stereocenters. The van der Waals surface area contributed by atoms with Gasteiger partial charge in [0.05, 0.1) is 35.7 Å². The summed E-state index contributed by atoms with van der Waals surface area (Å²) in [6.07, 6.45) is 2.55. The fourth-order valence-electron chi connectivity index (χ4n) is 5.20. The standard InChI is InChI=1S/C33H34ClN5O3/c1-21(2)30(38-20-26(15-16-35-18-29(40)41)36-31(38)24-11-9-22(3)10-12-24)32-37-28-17-25(34)13-14-27(28)33(42)39(32)19-23-7-5-4-6-8-23/h4-14,17,20-21,30,35H,15-16,18-19H2,1-3H3,(H,40,41). The van der Waals surface area contributed by atoms with Crippen LogP contribution in [0.25, 0.3) is 22.3 Å². The Bertz CT molecular complexity index is 1760. The Hall–Kier alpha value is -4.27. The van der Waals surface area contributed by atoms with Crippen LogP contribution < -0.4 is 10.9 Å². The van der Waals surface area contributed by atoms with Gasteiger partial charge in [0, 0.05) is 29.7 Å². The minimum absolute atomic E-state index is 0.0342. The molecular weight excluding hydrogens is 550 g/mol. The number of imidazole rings is 1. The van der Waals surface area contributed by atoms with Crippen LogP contribution in [0, 0.1) is 12.8 Å². The third-order valence-corrected chi connectivity index (χ3v) is 7.49. The van der Waals surface area contributed by atoms with E-state index >= 15 is 0 Å². The molecule has 3 aromatic carbocycles. The third kappa shape index (κ3) is 6.45. The maximum atomic E-state index is 14.0. The van der Waals surface area contributed by atoms with Crippen LogP contribution in [0.2, 0.25) is 5.02 Å². The average Bonchev–Trinajstić information content (AvgIpc) is 3.37. The first kappa shape index (κ1) is 29.2. The highest BCUT2D eigenvalue weighted by Gasteiger charge is 2.28. The summed E-state index contributed by atoms with van der Waals surface area (Å²) in [5.74, 6) is 0.509. The Labute approximate surface area is 249 Å². The van der Waals surface area contributed by atoms with Gasteiger partial charge in [-0.2, -0.15) is 0 Å². The van der Waals surface area contributed by atoms with Crippen molar-refractivity contribution >= 4 is 28.5 Å². The summed E-state index contributed by atoms with van der Waals surface area (Å²) < 4.78 is 3.88. The lowest BCUT2D eigenvalue weighted by molar-refractivity contribution is -0.135. The zero-order valence-corrected chi connectivity index (χ0v) is 24.7. The number of nitrogens with one attached hydrogen (secondary N) is 1. The van der Waals surface area contributed by atoms with Crippen LogP contribution >= 0.6 is 11.6 Å². The molecule has 0 spiro atoms. The molecule has 0 aliphatic heterocycles. The van der Waals surface area contributed by atoms with Gasteiger partial charge in [0.1, 0.15) is 11.6 Å². The van der Waals surface area contributed by atoms with Gasteiger partial charge >= 0.3 is 5.97 Å². The molecule has 5 rings (SSSR count). The number of fused-ring (bicyclic) bond motifs is 1. The molecule has 2 N–H and O–H groups in total. The lowest BCUT2D eigenvalue weighted by atomic mass is 10.0. The van der Waals surface area contributed by atoms with Crippen LogP contribution in [-0.2, 0) is 17.8 Å². The second-order valence-corrected chi connectivity index (χ2v) is 11.3. The van der Waals surface area contributed by atoms with Crippen molar-refractivity contribution in [3.05, 3.63) is 117 Å². The van der Waals surface area contributed by atoms with Crippen LogP contribution in [0.15, 0.2) is 83.8 Å². The van der Waals surface area contributed by atoms with Crippen LogP contribution in [0.5, 0.6) is 0 Å². The van der Waals surface area contributed by atoms with E-state index in [1.165, 1.54) is 0 Å². The first-order valence-corrected chi connectivity index (χ1v) is 14.4. The summed E-state index contributed by atoms with van der Waals surface area (Å²) in [4.78, 5) is 35.1. The Morgan fingerprint density at radius 3 is 2.45 bits per heavy atom. The Morgan fingerprint density at radius 1 is 1.02 bits per heavy atom. The lowest BCUT2D eigenvalue weighted by Crippen LogP contribution is -2.31. The molecule has 2 aromatic heterocycles. The zero-order chi connectivity index (χ0) is 29.8. The van der Waals surface area contributed by atoms with Gasteiger partial charge in [0.15, 0.2) is 0 Å². The minimum atomic E-state index is -0.903. The number of carboxylic acids is 1. The number of hydrogen-bond acceptors (Lipinski definition) is 5. The monoisotopic (exact) mass is 583 g/mol. The van der Waals surface area contributed by atoms with Crippen LogP contribution in [-0.4, -0.2) is 43.3 Å². The molecule has 0 aliphatic carbocycles. The van der Waals surface area contributed by atoms with E-state index in [-0.39, 0.29) is 24.1 Å². The number of hydrogen-bond donors (Lipinski definition) is 2. The molecule has 8 nitrogen and oxygen atoms in total. The lowest BCUT2D eigenvalue weighted by Gasteiger charge is -2.27. The quantitative estimate of drug-likeness (QED) is 0.193. The Kier molecular flexibility index (Phi) is 8.85. The molecule has 0 fully saturated rings. The summed E-state index contributed by atoms with van der Waals surface area (Å²) in [5.41, 5.74) is 4.31. The van der Waals surface area contributed by atoms with Crippen LogP contribution in [0.3, 0.4) is 0 Å². The largest absolute Gasteiger partial charge is 0.480 e. The minimum Gasteiger partial charge on any atom is -0.480 e. The smallest absolute Gasteiger partial charge is 0.317 e. The maximum absolute atomic E-state index is 14.0. The molecule has 1 unspecified atom stereocenters.